The van der Waals surface area contributed by atoms with Crippen LogP contribution in [0.4, 0.5) is 0 Å². The second kappa shape index (κ2) is 4.58. The highest BCUT2D eigenvalue weighted by Gasteiger charge is 2.31. The van der Waals surface area contributed by atoms with Crippen molar-refractivity contribution in [3.05, 3.63) is 0 Å². The highest BCUT2D eigenvalue weighted by atomic mass is 16.6. The van der Waals surface area contributed by atoms with Gasteiger partial charge in [0, 0.05) is 6.42 Å². The number of hydrogen-bond donors (Lipinski definition) is 1. The van der Waals surface area contributed by atoms with Crippen molar-refractivity contribution in [2.45, 2.75) is 45.0 Å². The third kappa shape index (κ3) is 2.97. The van der Waals surface area contributed by atoms with Gasteiger partial charge in [-0.25, -0.2) is 4.79 Å². The molecule has 1 saturated heterocycles. The minimum Gasteiger partial charge on any atom is -0.464 e. The fraction of sp³-hybridized carbons (Fsp3) is 0.889. The summed E-state index contributed by atoms with van der Waals surface area (Å²) in [4.78, 5) is 11.2. The van der Waals surface area contributed by atoms with E-state index in [0.717, 1.165) is 0 Å². The number of hydrogen-bond acceptors (Lipinski definition) is 4. The lowest BCUT2D eigenvalue weighted by atomic mass is 10.0. The molecular weight excluding hydrogens is 172 g/mol. The molecule has 0 amide bonds. The second-order valence-electron chi connectivity index (χ2n) is 3.31. The van der Waals surface area contributed by atoms with E-state index in [9.17, 15) is 9.90 Å². The molecule has 0 spiro atoms. The van der Waals surface area contributed by atoms with E-state index in [2.05, 4.69) is 0 Å². The van der Waals surface area contributed by atoms with Crippen LogP contribution in [0.15, 0.2) is 0 Å². The number of esters is 1. The van der Waals surface area contributed by atoms with Crippen molar-refractivity contribution in [3.63, 3.8) is 0 Å². The smallest absolute Gasteiger partial charge is 0.335 e. The predicted molar refractivity (Wildman–Crippen MR) is 46.2 cm³/mol. The third-order valence-corrected chi connectivity index (χ3v) is 2.04. The molecule has 3 atom stereocenters. The molecule has 4 nitrogen and oxygen atoms in total. The van der Waals surface area contributed by atoms with Crippen LogP contribution in [-0.4, -0.2) is 36.0 Å². The van der Waals surface area contributed by atoms with Gasteiger partial charge >= 0.3 is 5.97 Å². The van der Waals surface area contributed by atoms with Crippen molar-refractivity contribution in [2.75, 3.05) is 6.61 Å². The predicted octanol–water partition coefficient (Wildman–Crippen LogP) is 0.478. The number of carbonyl (C=O) groups excluding carboxylic acids is 1. The fourth-order valence-electron chi connectivity index (χ4n) is 1.51. The highest BCUT2D eigenvalue weighted by Crippen LogP contribution is 2.20. The van der Waals surface area contributed by atoms with Gasteiger partial charge in [0.15, 0.2) is 6.10 Å². The first-order valence-corrected chi connectivity index (χ1v) is 4.63. The zero-order valence-corrected chi connectivity index (χ0v) is 8.03. The highest BCUT2D eigenvalue weighted by molar-refractivity contribution is 5.74. The molecule has 1 aliphatic heterocycles. The zero-order chi connectivity index (χ0) is 9.84. The van der Waals surface area contributed by atoms with E-state index in [1.165, 1.54) is 0 Å². The second-order valence-corrected chi connectivity index (χ2v) is 3.31. The maximum atomic E-state index is 11.2. The molecule has 1 fully saturated rings. The lowest BCUT2D eigenvalue weighted by Gasteiger charge is -2.29. The van der Waals surface area contributed by atoms with Crippen molar-refractivity contribution in [1.29, 1.82) is 0 Å². The first-order valence-electron chi connectivity index (χ1n) is 4.63. The van der Waals surface area contributed by atoms with Gasteiger partial charge in [0.1, 0.15) is 0 Å². The Morgan fingerprint density at radius 1 is 1.62 bits per heavy atom. The number of ether oxygens (including phenoxy) is 2. The summed E-state index contributed by atoms with van der Waals surface area (Å²) in [7, 11) is 0. The molecule has 0 bridgehead atoms. The van der Waals surface area contributed by atoms with Crippen LogP contribution < -0.4 is 0 Å². The summed E-state index contributed by atoms with van der Waals surface area (Å²) < 4.78 is 10.1. The Labute approximate surface area is 77.8 Å². The maximum absolute atomic E-state index is 11.2. The van der Waals surface area contributed by atoms with Gasteiger partial charge < -0.3 is 14.6 Å². The van der Waals surface area contributed by atoms with E-state index in [1.54, 1.807) is 6.92 Å². The van der Waals surface area contributed by atoms with Crippen molar-refractivity contribution < 1.29 is 19.4 Å². The van der Waals surface area contributed by atoms with Crippen LogP contribution in [0.25, 0.3) is 0 Å². The van der Waals surface area contributed by atoms with Crippen molar-refractivity contribution in [1.82, 2.24) is 0 Å². The van der Waals surface area contributed by atoms with E-state index < -0.39 is 12.2 Å². The van der Waals surface area contributed by atoms with E-state index in [-0.39, 0.29) is 12.1 Å². The van der Waals surface area contributed by atoms with Crippen LogP contribution in [0, 0.1) is 0 Å². The van der Waals surface area contributed by atoms with E-state index in [1.807, 2.05) is 6.92 Å². The summed E-state index contributed by atoms with van der Waals surface area (Å²) in [5.74, 6) is -0.367. The van der Waals surface area contributed by atoms with Gasteiger partial charge in [0.25, 0.3) is 0 Å². The SMILES string of the molecule is CCOC(=O)[C@H]1C[C@H](O)C[C@@H](C)O1. The number of aliphatic hydroxyl groups is 1. The van der Waals surface area contributed by atoms with Crippen LogP contribution in [0.1, 0.15) is 26.7 Å². The summed E-state index contributed by atoms with van der Waals surface area (Å²) in [5, 5.41) is 9.38. The normalized spacial score (nSPS) is 34.2. The Balaban J connectivity index is 2.45. The van der Waals surface area contributed by atoms with Crippen LogP contribution in [-0.2, 0) is 14.3 Å². The molecule has 13 heavy (non-hydrogen) atoms. The molecular formula is C9H16O4. The molecule has 1 aliphatic rings. The number of aliphatic hydroxyl groups excluding tert-OH is 1. The monoisotopic (exact) mass is 188 g/mol. The Bertz CT molecular complexity index is 170. The molecule has 1 N–H and O–H groups in total. The third-order valence-electron chi connectivity index (χ3n) is 2.04. The van der Waals surface area contributed by atoms with Gasteiger partial charge in [-0.05, 0) is 20.3 Å². The van der Waals surface area contributed by atoms with E-state index in [0.29, 0.717) is 19.4 Å². The molecule has 0 aliphatic carbocycles. The maximum Gasteiger partial charge on any atom is 0.335 e. The molecule has 76 valence electrons. The quantitative estimate of drug-likeness (QED) is 0.640. The topological polar surface area (TPSA) is 55.8 Å². The van der Waals surface area contributed by atoms with Gasteiger partial charge in [-0.1, -0.05) is 0 Å². The zero-order valence-electron chi connectivity index (χ0n) is 8.03. The number of carbonyl (C=O) groups is 1. The van der Waals surface area contributed by atoms with E-state index in [4.69, 9.17) is 9.47 Å². The van der Waals surface area contributed by atoms with Gasteiger partial charge in [0.05, 0.1) is 18.8 Å². The number of rotatable bonds is 2. The summed E-state index contributed by atoms with van der Waals surface area (Å²) >= 11 is 0. The van der Waals surface area contributed by atoms with Gasteiger partial charge in [-0.15, -0.1) is 0 Å². The van der Waals surface area contributed by atoms with Crippen molar-refractivity contribution in [3.8, 4) is 0 Å². The van der Waals surface area contributed by atoms with Gasteiger partial charge in [-0.3, -0.25) is 0 Å². The first-order chi connectivity index (χ1) is 6.13. The summed E-state index contributed by atoms with van der Waals surface area (Å²) in [5.41, 5.74) is 0. The summed E-state index contributed by atoms with van der Waals surface area (Å²) in [6, 6.07) is 0. The van der Waals surface area contributed by atoms with Crippen molar-refractivity contribution >= 4 is 5.97 Å². The lowest BCUT2D eigenvalue weighted by Crippen LogP contribution is -2.39. The minimum absolute atomic E-state index is 0.0712. The van der Waals surface area contributed by atoms with Crippen LogP contribution in [0.2, 0.25) is 0 Å². The molecule has 0 radical (unpaired) electrons. The van der Waals surface area contributed by atoms with Crippen LogP contribution in [0.5, 0.6) is 0 Å². The molecule has 0 aromatic heterocycles. The molecule has 0 aromatic carbocycles. The standard InChI is InChI=1S/C9H16O4/c1-3-12-9(11)8-5-7(10)4-6(2)13-8/h6-8,10H,3-5H2,1-2H3/t6-,7-,8-/m1/s1. The average molecular weight is 188 g/mol. The largest absolute Gasteiger partial charge is 0.464 e. The summed E-state index contributed by atoms with van der Waals surface area (Å²) in [6.45, 7) is 3.94. The summed E-state index contributed by atoms with van der Waals surface area (Å²) in [6.07, 6.45) is -0.158. The van der Waals surface area contributed by atoms with Gasteiger partial charge in [-0.2, -0.15) is 0 Å². The Morgan fingerprint density at radius 3 is 2.85 bits per heavy atom. The molecule has 4 heteroatoms. The lowest BCUT2D eigenvalue weighted by molar-refractivity contribution is -0.170. The van der Waals surface area contributed by atoms with Crippen LogP contribution >= 0.6 is 0 Å². The molecule has 0 saturated carbocycles. The average Bonchev–Trinajstić information content (AvgIpc) is 2.03. The Hall–Kier alpha value is -0.610. The fourth-order valence-corrected chi connectivity index (χ4v) is 1.51. The molecule has 1 rings (SSSR count). The Kier molecular flexibility index (Phi) is 3.69. The van der Waals surface area contributed by atoms with E-state index >= 15 is 0 Å². The Morgan fingerprint density at radius 2 is 2.31 bits per heavy atom. The minimum atomic E-state index is -0.585. The van der Waals surface area contributed by atoms with Crippen molar-refractivity contribution in [2.24, 2.45) is 0 Å². The molecule has 0 unspecified atom stereocenters. The van der Waals surface area contributed by atoms with Crippen LogP contribution in [0.3, 0.4) is 0 Å². The van der Waals surface area contributed by atoms with Gasteiger partial charge in [0.2, 0.25) is 0 Å². The molecule has 0 aromatic rings. The first kappa shape index (κ1) is 10.5. The molecule has 1 heterocycles.